The van der Waals surface area contributed by atoms with Crippen molar-refractivity contribution in [1.29, 1.82) is 0 Å². The molecule has 5 N–H and O–H groups in total. The molecule has 9 heteroatoms. The third-order valence-electron chi connectivity index (χ3n) is 2.33. The first-order valence-corrected chi connectivity index (χ1v) is 5.11. The monoisotopic (exact) mass is 266 g/mol. The van der Waals surface area contributed by atoms with Crippen LogP contribution in [0.2, 0.25) is 0 Å². The molecule has 0 unspecified atom stereocenters. The molecule has 9 nitrogen and oxygen atoms in total. The number of hydrogen-bond donors (Lipinski definition) is 5. The van der Waals surface area contributed by atoms with E-state index < -0.39 is 42.8 Å². The molecule has 0 amide bonds. The predicted molar refractivity (Wildman–Crippen MR) is 51.5 cm³/mol. The van der Waals surface area contributed by atoms with Gasteiger partial charge >= 0.3 is 17.9 Å². The number of aliphatic hydroxyl groups excluding tert-OH is 4. The Morgan fingerprint density at radius 3 is 1.94 bits per heavy atom. The van der Waals surface area contributed by atoms with E-state index in [4.69, 9.17) is 10.2 Å². The molecule has 18 heavy (non-hydrogen) atoms. The van der Waals surface area contributed by atoms with E-state index in [1.54, 1.807) is 0 Å². The molecule has 0 aromatic carbocycles. The first-order valence-electron chi connectivity index (χ1n) is 5.11. The summed E-state index contributed by atoms with van der Waals surface area (Å²) in [6.07, 6.45) is -6.94. The Balaban J connectivity index is 2.88. The molecule has 0 aliphatic carbocycles. The predicted octanol–water partition coefficient (Wildman–Crippen LogP) is -3.41. The van der Waals surface area contributed by atoms with Gasteiger partial charge in [0, 0.05) is 0 Å². The second-order valence-electron chi connectivity index (χ2n) is 3.76. The van der Waals surface area contributed by atoms with E-state index in [1.165, 1.54) is 0 Å². The number of aliphatic hydroxyl groups is 5. The van der Waals surface area contributed by atoms with Crippen molar-refractivity contribution in [2.75, 3.05) is 6.61 Å². The molecule has 1 fully saturated rings. The first-order chi connectivity index (χ1) is 8.30. The van der Waals surface area contributed by atoms with Crippen molar-refractivity contribution in [3.05, 3.63) is 0 Å². The van der Waals surface area contributed by atoms with Crippen LogP contribution in [0.25, 0.3) is 0 Å². The lowest BCUT2D eigenvalue weighted by atomic mass is 10.1. The molecule has 0 aromatic rings. The zero-order valence-corrected chi connectivity index (χ0v) is 9.22. The van der Waals surface area contributed by atoms with Crippen LogP contribution < -0.4 is 0 Å². The van der Waals surface area contributed by atoms with E-state index in [0.29, 0.717) is 0 Å². The molecule has 1 aliphatic rings. The third kappa shape index (κ3) is 3.15. The minimum absolute atomic E-state index is 0.355. The molecule has 0 saturated carbocycles. The van der Waals surface area contributed by atoms with Crippen LogP contribution in [-0.4, -0.2) is 68.4 Å². The average molecular weight is 266 g/mol. The molecule has 0 radical (unpaired) electrons. The molecule has 1 heterocycles. The molecule has 3 atom stereocenters. The molecule has 0 aromatic heterocycles. The van der Waals surface area contributed by atoms with E-state index in [2.05, 4.69) is 9.47 Å². The molecule has 104 valence electrons. The SMILES string of the molecule is O=C1CCC(=O)OC(O)([C@@H](O)[C@H](O)[C@H](O)CO)O1. The van der Waals surface area contributed by atoms with Crippen molar-refractivity contribution < 1.29 is 44.6 Å². The van der Waals surface area contributed by atoms with Gasteiger partial charge in [0.2, 0.25) is 0 Å². The van der Waals surface area contributed by atoms with E-state index in [1.807, 2.05) is 0 Å². The highest BCUT2D eigenvalue weighted by Crippen LogP contribution is 2.24. The molecule has 1 aliphatic heterocycles. The molecule has 0 bridgehead atoms. The fraction of sp³-hybridized carbons (Fsp3) is 0.778. The standard InChI is InChI=1S/C9H14O9/c10-3-4(11)7(14)8(15)9(16)17-5(12)1-2-6(13)18-9/h4,7-8,10-11,14-16H,1-3H2/t4-,7-,8+/m1/s1. The van der Waals surface area contributed by atoms with Crippen LogP contribution in [-0.2, 0) is 19.1 Å². The van der Waals surface area contributed by atoms with Crippen molar-refractivity contribution >= 4 is 11.9 Å². The Morgan fingerprint density at radius 1 is 1.11 bits per heavy atom. The lowest BCUT2D eigenvalue weighted by Crippen LogP contribution is -2.57. The second kappa shape index (κ2) is 5.59. The van der Waals surface area contributed by atoms with E-state index in [0.717, 1.165) is 0 Å². The highest BCUT2D eigenvalue weighted by molar-refractivity contribution is 5.79. The van der Waals surface area contributed by atoms with Gasteiger partial charge in [-0.05, 0) is 0 Å². The highest BCUT2D eigenvalue weighted by atomic mass is 16.9. The van der Waals surface area contributed by atoms with Crippen LogP contribution in [0.1, 0.15) is 12.8 Å². The smallest absolute Gasteiger partial charge is 0.396 e. The van der Waals surface area contributed by atoms with Crippen molar-refractivity contribution in [2.45, 2.75) is 37.1 Å². The summed E-state index contributed by atoms with van der Waals surface area (Å²) in [7, 11) is 0. The minimum Gasteiger partial charge on any atom is -0.396 e. The molecule has 0 spiro atoms. The second-order valence-corrected chi connectivity index (χ2v) is 3.76. The zero-order valence-electron chi connectivity index (χ0n) is 9.22. The number of rotatable bonds is 4. The van der Waals surface area contributed by atoms with Crippen molar-refractivity contribution in [3.63, 3.8) is 0 Å². The normalized spacial score (nSPS) is 24.5. The van der Waals surface area contributed by atoms with E-state index >= 15 is 0 Å². The van der Waals surface area contributed by atoms with Crippen LogP contribution in [0.3, 0.4) is 0 Å². The number of carbonyl (C=O) groups is 2. The minimum atomic E-state index is -3.10. The summed E-state index contributed by atoms with van der Waals surface area (Å²) in [5, 5.41) is 46.3. The molecular weight excluding hydrogens is 252 g/mol. The molecular formula is C9H14O9. The van der Waals surface area contributed by atoms with Gasteiger partial charge < -0.3 is 35.0 Å². The fourth-order valence-electron chi connectivity index (χ4n) is 1.31. The van der Waals surface area contributed by atoms with E-state index in [9.17, 15) is 24.9 Å². The summed E-state index contributed by atoms with van der Waals surface area (Å²) in [5.74, 6) is -5.14. The fourth-order valence-corrected chi connectivity index (χ4v) is 1.31. The first kappa shape index (κ1) is 14.8. The van der Waals surface area contributed by atoms with Gasteiger partial charge in [-0.15, -0.1) is 0 Å². The summed E-state index contributed by atoms with van der Waals surface area (Å²) in [6.45, 7) is -0.920. The summed E-state index contributed by atoms with van der Waals surface area (Å²) >= 11 is 0. The topological polar surface area (TPSA) is 154 Å². The maximum absolute atomic E-state index is 11.1. The lowest BCUT2D eigenvalue weighted by Gasteiger charge is -2.32. The number of hydrogen-bond acceptors (Lipinski definition) is 9. The van der Waals surface area contributed by atoms with Gasteiger partial charge in [0.05, 0.1) is 19.4 Å². The average Bonchev–Trinajstić information content (AvgIpc) is 2.45. The van der Waals surface area contributed by atoms with Gasteiger partial charge in [0.1, 0.15) is 12.2 Å². The maximum Gasteiger partial charge on any atom is 0.403 e. The Labute approximate surface area is 101 Å². The van der Waals surface area contributed by atoms with E-state index in [-0.39, 0.29) is 12.8 Å². The lowest BCUT2D eigenvalue weighted by molar-refractivity contribution is -0.371. The largest absolute Gasteiger partial charge is 0.403 e. The van der Waals surface area contributed by atoms with Crippen molar-refractivity contribution in [2.24, 2.45) is 0 Å². The summed E-state index contributed by atoms with van der Waals surface area (Å²) in [6, 6.07) is 0. The van der Waals surface area contributed by atoms with Crippen LogP contribution in [0, 0.1) is 0 Å². The van der Waals surface area contributed by atoms with Crippen molar-refractivity contribution in [1.82, 2.24) is 0 Å². The van der Waals surface area contributed by atoms with Gasteiger partial charge in [-0.2, -0.15) is 0 Å². The van der Waals surface area contributed by atoms with Gasteiger partial charge in [-0.25, -0.2) is 0 Å². The molecule has 1 saturated heterocycles. The third-order valence-corrected chi connectivity index (χ3v) is 2.33. The van der Waals surface area contributed by atoms with Gasteiger partial charge in [-0.3, -0.25) is 9.59 Å². The Kier molecular flexibility index (Phi) is 4.59. The van der Waals surface area contributed by atoms with Crippen LogP contribution in [0.4, 0.5) is 0 Å². The Morgan fingerprint density at radius 2 is 1.56 bits per heavy atom. The molecule has 1 rings (SSSR count). The number of carbonyl (C=O) groups excluding carboxylic acids is 2. The summed E-state index contributed by atoms with van der Waals surface area (Å²) < 4.78 is 8.64. The van der Waals surface area contributed by atoms with Crippen LogP contribution in [0.5, 0.6) is 0 Å². The van der Waals surface area contributed by atoms with Crippen LogP contribution in [0.15, 0.2) is 0 Å². The summed E-state index contributed by atoms with van der Waals surface area (Å²) in [4.78, 5) is 22.2. The zero-order chi connectivity index (χ0) is 13.9. The highest BCUT2D eigenvalue weighted by Gasteiger charge is 2.51. The summed E-state index contributed by atoms with van der Waals surface area (Å²) in [5.41, 5.74) is 0. The van der Waals surface area contributed by atoms with Gasteiger partial charge in [0.15, 0.2) is 6.10 Å². The van der Waals surface area contributed by atoms with Gasteiger partial charge in [-0.1, -0.05) is 0 Å². The Bertz CT molecular complexity index is 310. The Hall–Kier alpha value is -1.26. The van der Waals surface area contributed by atoms with Gasteiger partial charge in [0.25, 0.3) is 0 Å². The number of ether oxygens (including phenoxy) is 2. The maximum atomic E-state index is 11.1. The number of esters is 2. The number of cyclic esters (lactones) is 2. The van der Waals surface area contributed by atoms with Crippen LogP contribution >= 0.6 is 0 Å². The van der Waals surface area contributed by atoms with Crippen molar-refractivity contribution in [3.8, 4) is 0 Å². The quantitative estimate of drug-likeness (QED) is 0.327.